The Balaban J connectivity index is -0.000000679. The monoisotopic (exact) mass is 717 g/mol. The summed E-state index contributed by atoms with van der Waals surface area (Å²) in [5.41, 5.74) is 0. The van der Waals surface area contributed by atoms with Crippen molar-refractivity contribution < 1.29 is 42.9 Å². The number of ether oxygens (including phenoxy) is 5. The fraction of sp³-hybridized carbons (Fsp3) is 0.634. The molecule has 0 aromatic heterocycles. The molecule has 1 aliphatic rings. The molecule has 1 saturated heterocycles. The molecule has 0 radical (unpaired) electrons. The van der Waals surface area contributed by atoms with Gasteiger partial charge >= 0.3 is 23.9 Å². The summed E-state index contributed by atoms with van der Waals surface area (Å²) < 4.78 is 23.9. The molecule has 0 amide bonds. The van der Waals surface area contributed by atoms with Gasteiger partial charge in [-0.15, -0.1) is 0 Å². The molecule has 0 saturated carbocycles. The minimum absolute atomic E-state index is 0.110. The van der Waals surface area contributed by atoms with Gasteiger partial charge in [0.25, 0.3) is 0 Å². The predicted molar refractivity (Wildman–Crippen MR) is 204 cm³/mol. The van der Waals surface area contributed by atoms with Crippen LogP contribution in [0.5, 0.6) is 0 Å². The van der Waals surface area contributed by atoms with Crippen molar-refractivity contribution in [3.05, 3.63) is 63.3 Å². The van der Waals surface area contributed by atoms with Crippen molar-refractivity contribution >= 4 is 23.9 Å². The van der Waals surface area contributed by atoms with Gasteiger partial charge in [0.1, 0.15) is 19.8 Å². The van der Waals surface area contributed by atoms with E-state index in [1.807, 2.05) is 6.07 Å². The highest BCUT2D eigenvalue weighted by Gasteiger charge is 2.16. The number of carbonyl (C=O) groups excluding carboxylic acids is 4. The minimum atomic E-state index is -0.481. The van der Waals surface area contributed by atoms with Gasteiger partial charge in [0.05, 0.1) is 25.2 Å². The van der Waals surface area contributed by atoms with Gasteiger partial charge in [-0.1, -0.05) is 142 Å². The molecular weight excluding hydrogens is 650 g/mol. The van der Waals surface area contributed by atoms with Gasteiger partial charge in [0.2, 0.25) is 0 Å². The van der Waals surface area contributed by atoms with Gasteiger partial charge in [0, 0.05) is 30.9 Å². The third-order valence-corrected chi connectivity index (χ3v) is 7.15. The number of hydrogen-bond acceptors (Lipinski definition) is 10. The van der Waals surface area contributed by atoms with E-state index in [9.17, 15) is 19.2 Å². The third kappa shape index (κ3) is 46.0. The molecule has 0 bridgehead atoms. The summed E-state index contributed by atoms with van der Waals surface area (Å²) in [6.07, 6.45) is 30.2. The second-order valence-corrected chi connectivity index (χ2v) is 11.5. The molecule has 0 aromatic rings. The molecule has 0 spiro atoms. The fourth-order valence-electron chi connectivity index (χ4n) is 4.35. The average Bonchev–Trinajstić information content (AvgIpc) is 3.68. The van der Waals surface area contributed by atoms with Crippen LogP contribution in [0.4, 0.5) is 0 Å². The third-order valence-electron chi connectivity index (χ3n) is 7.15. The number of nitriles is 1. The van der Waals surface area contributed by atoms with E-state index in [1.54, 1.807) is 0 Å². The van der Waals surface area contributed by atoms with Crippen LogP contribution >= 0.6 is 0 Å². The molecule has 10 nitrogen and oxygen atoms in total. The molecule has 1 unspecified atom stereocenters. The largest absolute Gasteiger partial charge is 0.463 e. The fourth-order valence-corrected chi connectivity index (χ4v) is 4.35. The molecule has 1 fully saturated rings. The van der Waals surface area contributed by atoms with Crippen LogP contribution in [0.3, 0.4) is 0 Å². The van der Waals surface area contributed by atoms with Crippen molar-refractivity contribution in [2.75, 3.05) is 33.0 Å². The van der Waals surface area contributed by atoms with Crippen LogP contribution in [0.15, 0.2) is 63.3 Å². The number of esters is 4. The molecular formula is C41H67NO9. The molecule has 1 atom stereocenters. The Morgan fingerprint density at radius 1 is 0.627 bits per heavy atom. The van der Waals surface area contributed by atoms with E-state index in [2.05, 4.69) is 49.3 Å². The minimum Gasteiger partial charge on any atom is -0.463 e. The van der Waals surface area contributed by atoms with Gasteiger partial charge in [-0.2, -0.15) is 5.26 Å². The molecule has 290 valence electrons. The Labute approximate surface area is 309 Å². The highest BCUT2D eigenvalue weighted by molar-refractivity contribution is 5.82. The molecule has 51 heavy (non-hydrogen) atoms. The molecule has 1 aliphatic heterocycles. The zero-order valence-corrected chi connectivity index (χ0v) is 31.6. The summed E-state index contributed by atoms with van der Waals surface area (Å²) in [7, 11) is 0. The maximum atomic E-state index is 10.8. The molecule has 10 heteroatoms. The van der Waals surface area contributed by atoms with Crippen LogP contribution < -0.4 is 0 Å². The lowest BCUT2D eigenvalue weighted by Gasteiger charge is -2.07. The van der Waals surface area contributed by atoms with Crippen LogP contribution in [0.25, 0.3) is 0 Å². The van der Waals surface area contributed by atoms with Crippen molar-refractivity contribution in [1.82, 2.24) is 0 Å². The Morgan fingerprint density at radius 2 is 1.04 bits per heavy atom. The predicted octanol–water partition coefficient (Wildman–Crippen LogP) is 9.40. The summed E-state index contributed by atoms with van der Waals surface area (Å²) in [6.45, 7) is 20.8. The van der Waals surface area contributed by atoms with Gasteiger partial charge in [-0.25, -0.2) is 19.2 Å². The second-order valence-electron chi connectivity index (χ2n) is 11.5. The van der Waals surface area contributed by atoms with E-state index in [1.165, 1.54) is 108 Å². The lowest BCUT2D eigenvalue weighted by Crippen LogP contribution is -2.16. The standard InChI is InChI=1S/C21H40O2.C8H12O3.C6H7NO2.C6H8O2/c1-3-5-6-7-8-9-10-11-12-13-14-15-16-17-18-19-20-23-21(22)4-2;1-2-8(9)11-6-7-4-3-5-10-7;1-2-6(8)9-5-3-4-7;1-3-5-8-6(7)4-2/h4H,2-3,5-20H2,1H3;2,7H,1,3-6H2;2H,1,3,5H2;3-4H,1-2,5H2. The summed E-state index contributed by atoms with van der Waals surface area (Å²) in [4.78, 5) is 41.8. The molecule has 1 heterocycles. The van der Waals surface area contributed by atoms with E-state index >= 15 is 0 Å². The number of hydrogen-bond donors (Lipinski definition) is 0. The first kappa shape index (κ1) is 51.4. The molecule has 1 rings (SSSR count). The van der Waals surface area contributed by atoms with E-state index < -0.39 is 11.9 Å². The Morgan fingerprint density at radius 3 is 1.43 bits per heavy atom. The van der Waals surface area contributed by atoms with E-state index in [-0.39, 0.29) is 37.7 Å². The summed E-state index contributed by atoms with van der Waals surface area (Å²) >= 11 is 0. The summed E-state index contributed by atoms with van der Waals surface area (Å²) in [5, 5.41) is 7.98. The van der Waals surface area contributed by atoms with Gasteiger partial charge < -0.3 is 23.7 Å². The summed E-state index contributed by atoms with van der Waals surface area (Å²) in [5.74, 6) is -1.57. The first-order valence-electron chi connectivity index (χ1n) is 18.5. The maximum absolute atomic E-state index is 10.8. The van der Waals surface area contributed by atoms with Gasteiger partial charge in [-0.05, 0) is 19.3 Å². The van der Waals surface area contributed by atoms with Crippen molar-refractivity contribution in [3.63, 3.8) is 0 Å². The van der Waals surface area contributed by atoms with E-state index in [0.29, 0.717) is 13.2 Å². The zero-order chi connectivity index (χ0) is 38.6. The van der Waals surface area contributed by atoms with Crippen LogP contribution in [0, 0.1) is 11.3 Å². The van der Waals surface area contributed by atoms with Crippen molar-refractivity contribution in [2.45, 2.75) is 135 Å². The molecule has 0 N–H and O–H groups in total. The first-order chi connectivity index (χ1) is 24.7. The quantitative estimate of drug-likeness (QED) is 0.0265. The Kier molecular flexibility index (Phi) is 44.4. The maximum Gasteiger partial charge on any atom is 0.330 e. The Hall–Kier alpha value is -3.97. The first-order valence-corrected chi connectivity index (χ1v) is 18.5. The van der Waals surface area contributed by atoms with Crippen molar-refractivity contribution in [3.8, 4) is 6.07 Å². The number of nitrogens with zero attached hydrogens (tertiary/aromatic N) is 1. The van der Waals surface area contributed by atoms with Crippen LogP contribution in [-0.4, -0.2) is 63.0 Å². The van der Waals surface area contributed by atoms with Gasteiger partial charge in [-0.3, -0.25) is 0 Å². The van der Waals surface area contributed by atoms with Gasteiger partial charge in [0.15, 0.2) is 0 Å². The van der Waals surface area contributed by atoms with Crippen LogP contribution in [0.2, 0.25) is 0 Å². The average molecular weight is 718 g/mol. The van der Waals surface area contributed by atoms with E-state index in [4.69, 9.17) is 19.5 Å². The number of carbonyl (C=O) groups is 4. The number of rotatable bonds is 27. The zero-order valence-electron chi connectivity index (χ0n) is 31.6. The Bertz CT molecular complexity index is 965. The highest BCUT2D eigenvalue weighted by atomic mass is 16.6. The van der Waals surface area contributed by atoms with Crippen molar-refractivity contribution in [2.24, 2.45) is 0 Å². The topological polar surface area (TPSA) is 138 Å². The SMILES string of the molecule is C=CC(=O)OCC1CCCO1.C=CC(=O)OCCC#N.C=CC(=O)OCCCCCCCCCCCCCCCCCC.C=CCOC(=O)C=C. The van der Waals surface area contributed by atoms with Crippen LogP contribution in [0.1, 0.15) is 129 Å². The van der Waals surface area contributed by atoms with E-state index in [0.717, 1.165) is 44.1 Å². The van der Waals surface area contributed by atoms with Crippen LogP contribution in [-0.2, 0) is 42.9 Å². The normalized spacial score (nSPS) is 12.3. The summed E-state index contributed by atoms with van der Waals surface area (Å²) in [6, 6.07) is 1.84. The number of unbranched alkanes of at least 4 members (excludes halogenated alkanes) is 15. The lowest BCUT2D eigenvalue weighted by atomic mass is 10.0. The highest BCUT2D eigenvalue weighted by Crippen LogP contribution is 2.14. The molecule has 0 aliphatic carbocycles. The lowest BCUT2D eigenvalue weighted by molar-refractivity contribution is -0.141. The second kappa shape index (κ2) is 44.1. The smallest absolute Gasteiger partial charge is 0.330 e. The van der Waals surface area contributed by atoms with Crippen molar-refractivity contribution in [1.29, 1.82) is 5.26 Å². The molecule has 0 aromatic carbocycles.